The lowest BCUT2D eigenvalue weighted by Crippen LogP contribution is -1.88. The maximum absolute atomic E-state index is 13.8. The minimum absolute atomic E-state index is 0.331. The van der Waals surface area contributed by atoms with Crippen LogP contribution in [0, 0.1) is 5.82 Å². The molecule has 0 aliphatic heterocycles. The fourth-order valence-corrected chi connectivity index (χ4v) is 2.43. The number of imidazole rings is 1. The quantitative estimate of drug-likeness (QED) is 0.673. The molecule has 18 heavy (non-hydrogen) atoms. The third-order valence-electron chi connectivity index (χ3n) is 2.74. The van der Waals surface area contributed by atoms with Crippen LogP contribution in [0.1, 0.15) is 0 Å². The van der Waals surface area contributed by atoms with Crippen molar-refractivity contribution in [2.75, 3.05) is 5.73 Å². The van der Waals surface area contributed by atoms with Crippen molar-refractivity contribution in [2.24, 2.45) is 0 Å². The van der Waals surface area contributed by atoms with Crippen LogP contribution >= 0.6 is 15.9 Å². The number of para-hydroxylation sites is 1. The second-order valence-electron chi connectivity index (χ2n) is 3.93. The van der Waals surface area contributed by atoms with Gasteiger partial charge in [-0.1, -0.05) is 12.1 Å². The van der Waals surface area contributed by atoms with Gasteiger partial charge in [0.15, 0.2) is 0 Å². The molecule has 0 radical (unpaired) electrons. The van der Waals surface area contributed by atoms with Crippen LogP contribution in [-0.2, 0) is 0 Å². The Hall–Kier alpha value is -1.88. The van der Waals surface area contributed by atoms with E-state index in [-0.39, 0.29) is 5.82 Å². The van der Waals surface area contributed by atoms with Crippen LogP contribution < -0.4 is 5.73 Å². The minimum Gasteiger partial charge on any atom is -0.397 e. The van der Waals surface area contributed by atoms with Gasteiger partial charge in [-0.2, -0.15) is 0 Å². The standard InChI is InChI=1S/C13H9BrFN3/c14-7-3-1-4-8(15)11(7)13-17-10-6-2-5-9(16)12(10)18-13/h1-6H,16H2,(H,17,18). The molecule has 0 aliphatic rings. The molecule has 3 aromatic rings. The van der Waals surface area contributed by atoms with Crippen LogP contribution in [0.25, 0.3) is 22.4 Å². The zero-order chi connectivity index (χ0) is 12.7. The molecule has 0 amide bonds. The van der Waals surface area contributed by atoms with Crippen LogP contribution in [-0.4, -0.2) is 9.97 Å². The number of fused-ring (bicyclic) bond motifs is 1. The number of hydrogen-bond acceptors (Lipinski definition) is 2. The fourth-order valence-electron chi connectivity index (χ4n) is 1.90. The molecule has 0 atom stereocenters. The molecule has 90 valence electrons. The molecular formula is C13H9BrFN3. The molecular weight excluding hydrogens is 297 g/mol. The predicted molar refractivity (Wildman–Crippen MR) is 73.6 cm³/mol. The summed E-state index contributed by atoms with van der Waals surface area (Å²) in [5.41, 5.74) is 8.26. The normalized spacial score (nSPS) is 11.0. The summed E-state index contributed by atoms with van der Waals surface area (Å²) < 4.78 is 14.5. The number of anilines is 1. The monoisotopic (exact) mass is 305 g/mol. The number of nitrogens with one attached hydrogen (secondary N) is 1. The topological polar surface area (TPSA) is 54.7 Å². The molecule has 1 heterocycles. The average Bonchev–Trinajstić information content (AvgIpc) is 2.74. The summed E-state index contributed by atoms with van der Waals surface area (Å²) in [4.78, 5) is 7.43. The Morgan fingerprint density at radius 3 is 2.67 bits per heavy atom. The lowest BCUT2D eigenvalue weighted by atomic mass is 10.2. The fraction of sp³-hybridized carbons (Fsp3) is 0. The van der Waals surface area contributed by atoms with E-state index in [9.17, 15) is 4.39 Å². The third kappa shape index (κ3) is 1.67. The molecule has 0 spiro atoms. The van der Waals surface area contributed by atoms with Gasteiger partial charge in [0.05, 0.1) is 16.8 Å². The lowest BCUT2D eigenvalue weighted by Gasteiger charge is -2.01. The summed E-state index contributed by atoms with van der Waals surface area (Å²) in [5.74, 6) is 0.134. The van der Waals surface area contributed by atoms with Crippen molar-refractivity contribution in [2.45, 2.75) is 0 Å². The van der Waals surface area contributed by atoms with Gasteiger partial charge in [-0.15, -0.1) is 0 Å². The number of aromatic amines is 1. The van der Waals surface area contributed by atoms with Crippen LogP contribution in [0.5, 0.6) is 0 Å². The van der Waals surface area contributed by atoms with E-state index in [1.807, 2.05) is 12.1 Å². The summed E-state index contributed by atoms with van der Waals surface area (Å²) in [7, 11) is 0. The highest BCUT2D eigenvalue weighted by molar-refractivity contribution is 9.10. The Labute approximate surface area is 111 Å². The van der Waals surface area contributed by atoms with E-state index < -0.39 is 0 Å². The summed E-state index contributed by atoms with van der Waals surface area (Å²) in [6.45, 7) is 0. The van der Waals surface area contributed by atoms with Gasteiger partial charge in [0.2, 0.25) is 0 Å². The SMILES string of the molecule is Nc1cccc2[nH]c(-c3c(F)cccc3Br)nc12. The van der Waals surface area contributed by atoms with Crippen LogP contribution in [0.15, 0.2) is 40.9 Å². The Morgan fingerprint density at radius 2 is 1.94 bits per heavy atom. The molecule has 3 nitrogen and oxygen atoms in total. The van der Waals surface area contributed by atoms with Gasteiger partial charge in [-0.3, -0.25) is 0 Å². The van der Waals surface area contributed by atoms with E-state index in [1.54, 1.807) is 18.2 Å². The van der Waals surface area contributed by atoms with E-state index in [4.69, 9.17) is 5.73 Å². The minimum atomic E-state index is -0.331. The molecule has 1 aromatic heterocycles. The van der Waals surface area contributed by atoms with E-state index in [1.165, 1.54) is 6.07 Å². The smallest absolute Gasteiger partial charge is 0.142 e. The number of nitrogens with two attached hydrogens (primary N) is 1. The number of nitrogen functional groups attached to an aromatic ring is 1. The molecule has 3 N–H and O–H groups in total. The summed E-state index contributed by atoms with van der Waals surface area (Å²) in [5, 5.41) is 0. The second kappa shape index (κ2) is 4.10. The highest BCUT2D eigenvalue weighted by Crippen LogP contribution is 2.31. The van der Waals surface area contributed by atoms with Crippen molar-refractivity contribution in [3.05, 3.63) is 46.7 Å². The van der Waals surface area contributed by atoms with E-state index >= 15 is 0 Å². The van der Waals surface area contributed by atoms with Gasteiger partial charge in [0.25, 0.3) is 0 Å². The first-order valence-electron chi connectivity index (χ1n) is 5.35. The van der Waals surface area contributed by atoms with Crippen LogP contribution in [0.4, 0.5) is 10.1 Å². The largest absolute Gasteiger partial charge is 0.397 e. The number of hydrogen-bond donors (Lipinski definition) is 2. The Kier molecular flexibility index (Phi) is 2.56. The van der Waals surface area contributed by atoms with Gasteiger partial charge >= 0.3 is 0 Å². The summed E-state index contributed by atoms with van der Waals surface area (Å²) in [6.07, 6.45) is 0. The Morgan fingerprint density at radius 1 is 1.17 bits per heavy atom. The van der Waals surface area contributed by atoms with Crippen molar-refractivity contribution in [1.82, 2.24) is 9.97 Å². The summed E-state index contributed by atoms with van der Waals surface area (Å²) >= 11 is 3.33. The maximum Gasteiger partial charge on any atom is 0.142 e. The average molecular weight is 306 g/mol. The van der Waals surface area contributed by atoms with Gasteiger partial charge in [-0.05, 0) is 40.2 Å². The van der Waals surface area contributed by atoms with Gasteiger partial charge < -0.3 is 10.7 Å². The molecule has 0 saturated heterocycles. The molecule has 0 aliphatic carbocycles. The van der Waals surface area contributed by atoms with Crippen LogP contribution in [0.3, 0.4) is 0 Å². The van der Waals surface area contributed by atoms with Crippen molar-refractivity contribution in [3.63, 3.8) is 0 Å². The van der Waals surface area contributed by atoms with Crippen LogP contribution in [0.2, 0.25) is 0 Å². The summed E-state index contributed by atoms with van der Waals surface area (Å²) in [6, 6.07) is 10.3. The van der Waals surface area contributed by atoms with E-state index in [0.29, 0.717) is 27.1 Å². The zero-order valence-corrected chi connectivity index (χ0v) is 10.8. The van der Waals surface area contributed by atoms with Crippen molar-refractivity contribution >= 4 is 32.7 Å². The Bertz CT molecular complexity index is 716. The highest BCUT2D eigenvalue weighted by Gasteiger charge is 2.14. The zero-order valence-electron chi connectivity index (χ0n) is 9.24. The van der Waals surface area contributed by atoms with E-state index in [0.717, 1.165) is 5.52 Å². The highest BCUT2D eigenvalue weighted by atomic mass is 79.9. The number of nitrogens with zero attached hydrogens (tertiary/aromatic N) is 1. The van der Waals surface area contributed by atoms with Crippen molar-refractivity contribution in [3.8, 4) is 11.4 Å². The molecule has 5 heteroatoms. The molecule has 0 unspecified atom stereocenters. The number of halogens is 2. The van der Waals surface area contributed by atoms with Gasteiger partial charge in [-0.25, -0.2) is 9.37 Å². The number of aromatic nitrogens is 2. The molecule has 2 aromatic carbocycles. The third-order valence-corrected chi connectivity index (χ3v) is 3.40. The van der Waals surface area contributed by atoms with E-state index in [2.05, 4.69) is 25.9 Å². The van der Waals surface area contributed by atoms with Gasteiger partial charge in [0.1, 0.15) is 17.2 Å². The molecule has 0 bridgehead atoms. The molecule has 0 fully saturated rings. The Balaban J connectivity index is 2.30. The molecule has 3 rings (SSSR count). The van der Waals surface area contributed by atoms with Crippen molar-refractivity contribution in [1.29, 1.82) is 0 Å². The van der Waals surface area contributed by atoms with Gasteiger partial charge in [0, 0.05) is 4.47 Å². The van der Waals surface area contributed by atoms with Crippen molar-refractivity contribution < 1.29 is 4.39 Å². The first-order valence-corrected chi connectivity index (χ1v) is 6.14. The molecule has 0 saturated carbocycles. The second-order valence-corrected chi connectivity index (χ2v) is 4.78. The number of rotatable bonds is 1. The lowest BCUT2D eigenvalue weighted by molar-refractivity contribution is 0.629. The number of H-pyrrole nitrogens is 1. The first kappa shape index (κ1) is 11.2. The predicted octanol–water partition coefficient (Wildman–Crippen LogP) is 3.71. The number of benzene rings is 2. The first-order chi connectivity index (χ1) is 8.66. The maximum atomic E-state index is 13.8.